The van der Waals surface area contributed by atoms with E-state index in [1.807, 2.05) is 91.0 Å². The maximum absolute atomic E-state index is 9.61. The average Bonchev–Trinajstić information content (AvgIpc) is 2.62. The molecule has 0 unspecified atom stereocenters. The molecule has 0 heterocycles. The van der Waals surface area contributed by atoms with Crippen LogP contribution in [0.5, 0.6) is 0 Å². The van der Waals surface area contributed by atoms with Crippen molar-refractivity contribution in [2.24, 2.45) is 0 Å². The van der Waals surface area contributed by atoms with Crippen LogP contribution in [0.3, 0.4) is 0 Å². The molecular formula is C19H17BO3. The van der Waals surface area contributed by atoms with Crippen LogP contribution in [-0.4, -0.2) is 17.4 Å². The summed E-state index contributed by atoms with van der Waals surface area (Å²) >= 11 is 0. The van der Waals surface area contributed by atoms with Crippen LogP contribution in [0.25, 0.3) is 0 Å². The third-order valence-corrected chi connectivity index (χ3v) is 3.82. The molecule has 0 fully saturated rings. The number of hydrogen-bond donors (Lipinski definition) is 2. The summed E-state index contributed by atoms with van der Waals surface area (Å²) < 4.78 is 5.71. The van der Waals surface area contributed by atoms with Crippen molar-refractivity contribution in [2.45, 2.75) is 5.60 Å². The van der Waals surface area contributed by atoms with Crippen LogP contribution >= 0.6 is 0 Å². The average molecular weight is 304 g/mol. The van der Waals surface area contributed by atoms with Gasteiger partial charge in [-0.25, -0.2) is 0 Å². The van der Waals surface area contributed by atoms with Crippen molar-refractivity contribution in [2.75, 3.05) is 0 Å². The van der Waals surface area contributed by atoms with Gasteiger partial charge in [-0.2, -0.15) is 0 Å². The van der Waals surface area contributed by atoms with Crippen molar-refractivity contribution in [1.82, 2.24) is 0 Å². The van der Waals surface area contributed by atoms with Crippen molar-refractivity contribution in [1.29, 1.82) is 0 Å². The molecule has 0 aliphatic carbocycles. The molecule has 3 nitrogen and oxygen atoms in total. The van der Waals surface area contributed by atoms with Crippen molar-refractivity contribution >= 4 is 7.32 Å². The van der Waals surface area contributed by atoms with E-state index in [-0.39, 0.29) is 0 Å². The van der Waals surface area contributed by atoms with Crippen LogP contribution in [0, 0.1) is 0 Å². The van der Waals surface area contributed by atoms with Crippen molar-refractivity contribution in [3.05, 3.63) is 108 Å². The normalized spacial score (nSPS) is 11.2. The van der Waals surface area contributed by atoms with Crippen LogP contribution in [-0.2, 0) is 10.3 Å². The van der Waals surface area contributed by atoms with E-state index < -0.39 is 12.9 Å². The monoisotopic (exact) mass is 304 g/mol. The number of rotatable bonds is 5. The van der Waals surface area contributed by atoms with E-state index in [0.717, 1.165) is 16.7 Å². The summed E-state index contributed by atoms with van der Waals surface area (Å²) in [5, 5.41) is 19.2. The van der Waals surface area contributed by atoms with Gasteiger partial charge in [-0.1, -0.05) is 91.0 Å². The fourth-order valence-electron chi connectivity index (χ4n) is 2.88. The van der Waals surface area contributed by atoms with Gasteiger partial charge in [0.05, 0.1) is 0 Å². The highest BCUT2D eigenvalue weighted by Gasteiger charge is 2.40. The predicted molar refractivity (Wildman–Crippen MR) is 90.5 cm³/mol. The van der Waals surface area contributed by atoms with Gasteiger partial charge in [-0.05, 0) is 16.7 Å². The van der Waals surface area contributed by atoms with Crippen molar-refractivity contribution in [3.8, 4) is 0 Å². The lowest BCUT2D eigenvalue weighted by atomic mass is 9.79. The Labute approximate surface area is 136 Å². The topological polar surface area (TPSA) is 49.7 Å². The highest BCUT2D eigenvalue weighted by atomic mass is 16.6. The van der Waals surface area contributed by atoms with Crippen LogP contribution < -0.4 is 0 Å². The molecule has 114 valence electrons. The second-order valence-electron chi connectivity index (χ2n) is 5.22. The third kappa shape index (κ3) is 3.05. The van der Waals surface area contributed by atoms with Crippen molar-refractivity contribution in [3.63, 3.8) is 0 Å². The lowest BCUT2D eigenvalue weighted by Crippen LogP contribution is -2.39. The third-order valence-electron chi connectivity index (χ3n) is 3.82. The second-order valence-corrected chi connectivity index (χ2v) is 5.22. The molecule has 4 heteroatoms. The molecule has 0 saturated heterocycles. The van der Waals surface area contributed by atoms with E-state index in [1.165, 1.54) is 0 Å². The minimum Gasteiger partial charge on any atom is -0.402 e. The van der Waals surface area contributed by atoms with E-state index in [1.54, 1.807) is 0 Å². The first-order valence-corrected chi connectivity index (χ1v) is 7.44. The van der Waals surface area contributed by atoms with Gasteiger partial charge >= 0.3 is 7.32 Å². The van der Waals surface area contributed by atoms with E-state index in [0.29, 0.717) is 0 Å². The van der Waals surface area contributed by atoms with Crippen LogP contribution in [0.2, 0.25) is 0 Å². The molecule has 0 spiro atoms. The summed E-state index contributed by atoms with van der Waals surface area (Å²) in [6, 6.07) is 28.7. The summed E-state index contributed by atoms with van der Waals surface area (Å²) in [4.78, 5) is 0. The van der Waals surface area contributed by atoms with Crippen LogP contribution in [0.1, 0.15) is 16.7 Å². The molecule has 2 N–H and O–H groups in total. The fourth-order valence-corrected chi connectivity index (χ4v) is 2.88. The van der Waals surface area contributed by atoms with Gasteiger partial charge in [-0.15, -0.1) is 0 Å². The Morgan fingerprint density at radius 1 is 0.565 bits per heavy atom. The Hall–Kier alpha value is -2.40. The molecule has 0 bridgehead atoms. The molecule has 0 aliphatic heterocycles. The summed E-state index contributed by atoms with van der Waals surface area (Å²) in [6.07, 6.45) is 0. The molecule has 3 aromatic rings. The van der Waals surface area contributed by atoms with Gasteiger partial charge in [0.2, 0.25) is 0 Å². The second kappa shape index (κ2) is 6.79. The summed E-state index contributed by atoms with van der Waals surface area (Å²) in [6.45, 7) is 0. The molecule has 0 saturated carbocycles. The Balaban J connectivity index is 2.30. The smallest absolute Gasteiger partial charge is 0.402 e. The molecule has 3 aromatic carbocycles. The fraction of sp³-hybridized carbons (Fsp3) is 0.0526. The minimum absolute atomic E-state index is 0.825. The largest absolute Gasteiger partial charge is 0.635 e. The van der Waals surface area contributed by atoms with E-state index >= 15 is 0 Å². The molecule has 0 amide bonds. The molecule has 0 radical (unpaired) electrons. The Morgan fingerprint density at radius 3 is 1.13 bits per heavy atom. The van der Waals surface area contributed by atoms with Gasteiger partial charge in [0.25, 0.3) is 0 Å². The molecular weight excluding hydrogens is 287 g/mol. The standard InChI is InChI=1S/C19H17BO3/c21-20(22)23-19(16-10-4-1-5-11-16,17-12-6-2-7-13-17)18-14-8-3-9-15-18/h1-15,21-22H. The Kier molecular flexibility index (Phi) is 4.58. The summed E-state index contributed by atoms with van der Waals surface area (Å²) in [5.74, 6) is 0. The molecule has 23 heavy (non-hydrogen) atoms. The minimum atomic E-state index is -1.91. The zero-order valence-electron chi connectivity index (χ0n) is 12.5. The molecule has 0 aliphatic rings. The molecule has 3 rings (SSSR count). The highest BCUT2D eigenvalue weighted by Crippen LogP contribution is 2.40. The summed E-state index contributed by atoms with van der Waals surface area (Å²) in [5.41, 5.74) is 1.37. The van der Waals surface area contributed by atoms with E-state index in [9.17, 15) is 10.0 Å². The summed E-state index contributed by atoms with van der Waals surface area (Å²) in [7, 11) is -1.91. The van der Waals surface area contributed by atoms with Crippen LogP contribution in [0.15, 0.2) is 91.0 Å². The Bertz CT molecular complexity index is 634. The molecule has 0 atom stereocenters. The zero-order valence-corrected chi connectivity index (χ0v) is 12.5. The number of hydrogen-bond acceptors (Lipinski definition) is 3. The van der Waals surface area contributed by atoms with Gasteiger partial charge in [0.1, 0.15) is 5.60 Å². The van der Waals surface area contributed by atoms with Gasteiger partial charge < -0.3 is 14.7 Å². The quantitative estimate of drug-likeness (QED) is 0.563. The SMILES string of the molecule is OB(O)OC(c1ccccc1)(c1ccccc1)c1ccccc1. The lowest BCUT2D eigenvalue weighted by molar-refractivity contribution is 0.0815. The first-order chi connectivity index (χ1) is 11.2. The van der Waals surface area contributed by atoms with Gasteiger partial charge in [0, 0.05) is 0 Å². The van der Waals surface area contributed by atoms with Gasteiger partial charge in [-0.3, -0.25) is 0 Å². The first kappa shape index (κ1) is 15.5. The van der Waals surface area contributed by atoms with Gasteiger partial charge in [0.15, 0.2) is 0 Å². The Morgan fingerprint density at radius 2 is 0.870 bits per heavy atom. The van der Waals surface area contributed by atoms with Crippen molar-refractivity contribution < 1.29 is 14.7 Å². The predicted octanol–water partition coefficient (Wildman–Crippen LogP) is 2.96. The molecule has 0 aromatic heterocycles. The zero-order chi connectivity index (χ0) is 16.1. The van der Waals surface area contributed by atoms with E-state index in [2.05, 4.69) is 0 Å². The number of benzene rings is 3. The maximum atomic E-state index is 9.61. The van der Waals surface area contributed by atoms with E-state index in [4.69, 9.17) is 4.65 Å². The lowest BCUT2D eigenvalue weighted by Gasteiger charge is -2.36. The highest BCUT2D eigenvalue weighted by molar-refractivity contribution is 6.33. The van der Waals surface area contributed by atoms with Crippen LogP contribution in [0.4, 0.5) is 0 Å². The maximum Gasteiger partial charge on any atom is 0.635 e. The first-order valence-electron chi connectivity index (χ1n) is 7.44.